The number of aromatic nitrogens is 1. The van der Waals surface area contributed by atoms with Crippen molar-refractivity contribution in [1.82, 2.24) is 10.3 Å². The van der Waals surface area contributed by atoms with Gasteiger partial charge in [0, 0.05) is 37.3 Å². The summed E-state index contributed by atoms with van der Waals surface area (Å²) in [4.78, 5) is 4.28. The van der Waals surface area contributed by atoms with Crippen molar-refractivity contribution < 1.29 is 4.42 Å². The Balaban J connectivity index is 1.62. The average Bonchev–Trinajstić information content (AvgIpc) is 2.97. The number of nitrogens with one attached hydrogen (secondary N) is 1. The zero-order valence-corrected chi connectivity index (χ0v) is 10.7. The molecule has 0 aliphatic heterocycles. The van der Waals surface area contributed by atoms with E-state index < -0.39 is 0 Å². The lowest BCUT2D eigenvalue weighted by Gasteiger charge is -2.07. The fourth-order valence-corrected chi connectivity index (χ4v) is 2.21. The van der Waals surface area contributed by atoms with E-state index >= 15 is 0 Å². The van der Waals surface area contributed by atoms with Gasteiger partial charge in [0.1, 0.15) is 5.76 Å². The van der Waals surface area contributed by atoms with Crippen LogP contribution in [0.3, 0.4) is 0 Å². The van der Waals surface area contributed by atoms with Gasteiger partial charge in [0.25, 0.3) is 0 Å². The summed E-state index contributed by atoms with van der Waals surface area (Å²) in [6.45, 7) is 1.73. The molecule has 0 saturated carbocycles. The number of hydrogen-bond acceptors (Lipinski definition) is 3. The molecule has 0 spiro atoms. The first-order valence-electron chi connectivity index (χ1n) is 6.48. The first-order valence-corrected chi connectivity index (χ1v) is 6.48. The van der Waals surface area contributed by atoms with Crippen molar-refractivity contribution in [1.29, 1.82) is 0 Å². The van der Waals surface area contributed by atoms with Crippen LogP contribution in [0.1, 0.15) is 11.3 Å². The van der Waals surface area contributed by atoms with Crippen molar-refractivity contribution in [3.63, 3.8) is 0 Å². The van der Waals surface area contributed by atoms with E-state index in [1.54, 1.807) is 6.26 Å². The van der Waals surface area contributed by atoms with Gasteiger partial charge in [-0.05, 0) is 23.1 Å². The van der Waals surface area contributed by atoms with E-state index in [0.717, 1.165) is 25.3 Å². The van der Waals surface area contributed by atoms with Crippen molar-refractivity contribution in [2.24, 2.45) is 0 Å². The Labute approximate surface area is 112 Å². The summed E-state index contributed by atoms with van der Waals surface area (Å²) in [5, 5.41) is 5.89. The molecular weight excluding hydrogens is 236 g/mol. The predicted molar refractivity (Wildman–Crippen MR) is 75.9 cm³/mol. The van der Waals surface area contributed by atoms with Crippen molar-refractivity contribution in [3.8, 4) is 0 Å². The maximum atomic E-state index is 5.30. The third kappa shape index (κ3) is 2.83. The van der Waals surface area contributed by atoms with Crippen LogP contribution in [0.2, 0.25) is 0 Å². The van der Waals surface area contributed by atoms with E-state index in [9.17, 15) is 0 Å². The number of rotatable bonds is 5. The molecule has 96 valence electrons. The Hall–Kier alpha value is -2.13. The number of pyridine rings is 1. The molecule has 1 aromatic carbocycles. The van der Waals surface area contributed by atoms with Crippen molar-refractivity contribution >= 4 is 10.8 Å². The number of benzene rings is 1. The van der Waals surface area contributed by atoms with Crippen LogP contribution in [0, 0.1) is 0 Å². The lowest BCUT2D eigenvalue weighted by molar-refractivity contribution is 0.499. The van der Waals surface area contributed by atoms with E-state index in [4.69, 9.17) is 4.42 Å². The highest BCUT2D eigenvalue weighted by atomic mass is 16.3. The van der Waals surface area contributed by atoms with E-state index in [-0.39, 0.29) is 0 Å². The van der Waals surface area contributed by atoms with Crippen LogP contribution in [0.15, 0.2) is 59.5 Å². The molecule has 19 heavy (non-hydrogen) atoms. The smallest absolute Gasteiger partial charge is 0.105 e. The van der Waals surface area contributed by atoms with Crippen LogP contribution in [-0.4, -0.2) is 11.5 Å². The Morgan fingerprint density at radius 1 is 1.05 bits per heavy atom. The first-order chi connectivity index (χ1) is 9.43. The van der Waals surface area contributed by atoms with Gasteiger partial charge in [0.2, 0.25) is 0 Å². The van der Waals surface area contributed by atoms with Gasteiger partial charge in [-0.3, -0.25) is 4.98 Å². The van der Waals surface area contributed by atoms with Crippen LogP contribution >= 0.6 is 0 Å². The van der Waals surface area contributed by atoms with E-state index in [2.05, 4.69) is 28.5 Å². The number of furan rings is 1. The topological polar surface area (TPSA) is 38.1 Å². The molecule has 1 N–H and O–H groups in total. The van der Waals surface area contributed by atoms with E-state index in [1.165, 1.54) is 16.3 Å². The van der Waals surface area contributed by atoms with Gasteiger partial charge in [-0.25, -0.2) is 0 Å². The predicted octanol–water partition coefficient (Wildman–Crippen LogP) is 3.16. The quantitative estimate of drug-likeness (QED) is 0.709. The van der Waals surface area contributed by atoms with E-state index in [0.29, 0.717) is 0 Å². The highest BCUT2D eigenvalue weighted by Crippen LogP contribution is 2.16. The Morgan fingerprint density at radius 2 is 2.00 bits per heavy atom. The van der Waals surface area contributed by atoms with Gasteiger partial charge in [-0.1, -0.05) is 24.3 Å². The van der Waals surface area contributed by atoms with Crippen molar-refractivity contribution in [3.05, 3.63) is 66.4 Å². The van der Waals surface area contributed by atoms with Crippen molar-refractivity contribution in [2.75, 3.05) is 6.54 Å². The summed E-state index contributed by atoms with van der Waals surface area (Å²) in [5.74, 6) is 1.02. The van der Waals surface area contributed by atoms with E-state index in [1.807, 2.05) is 30.6 Å². The molecule has 3 heteroatoms. The second kappa shape index (κ2) is 5.67. The number of fused-ring (bicyclic) bond motifs is 1. The molecule has 0 atom stereocenters. The summed E-state index contributed by atoms with van der Waals surface area (Å²) in [7, 11) is 0. The SMILES string of the molecule is c1coc(CCNCc2cncc3ccccc23)c1. The third-order valence-corrected chi connectivity index (χ3v) is 3.19. The molecule has 0 bridgehead atoms. The molecule has 3 rings (SSSR count). The summed E-state index contributed by atoms with van der Waals surface area (Å²) in [5.41, 5.74) is 1.23. The molecule has 0 fully saturated rings. The molecule has 0 unspecified atom stereocenters. The highest BCUT2D eigenvalue weighted by molar-refractivity contribution is 5.84. The second-order valence-electron chi connectivity index (χ2n) is 4.53. The second-order valence-corrected chi connectivity index (χ2v) is 4.53. The van der Waals surface area contributed by atoms with Gasteiger partial charge in [0.15, 0.2) is 0 Å². The summed E-state index contributed by atoms with van der Waals surface area (Å²) in [6, 6.07) is 12.3. The number of hydrogen-bond donors (Lipinski definition) is 1. The van der Waals surface area contributed by atoms with Gasteiger partial charge in [0.05, 0.1) is 6.26 Å². The summed E-state index contributed by atoms with van der Waals surface area (Å²) in [6.07, 6.45) is 6.46. The van der Waals surface area contributed by atoms with Gasteiger partial charge < -0.3 is 9.73 Å². The summed E-state index contributed by atoms with van der Waals surface area (Å²) < 4.78 is 5.30. The first kappa shape index (κ1) is 11.9. The highest BCUT2D eigenvalue weighted by Gasteiger charge is 2.01. The Kier molecular flexibility index (Phi) is 3.56. The molecule has 0 aliphatic rings. The fraction of sp³-hybridized carbons (Fsp3) is 0.188. The Bertz CT molecular complexity index is 641. The van der Waals surface area contributed by atoms with Gasteiger partial charge in [-0.15, -0.1) is 0 Å². The molecule has 0 aliphatic carbocycles. The molecule has 3 aromatic rings. The molecule has 2 heterocycles. The largest absolute Gasteiger partial charge is 0.469 e. The third-order valence-electron chi connectivity index (χ3n) is 3.19. The summed E-state index contributed by atoms with van der Waals surface area (Å²) >= 11 is 0. The molecule has 0 saturated heterocycles. The molecule has 0 amide bonds. The standard InChI is InChI=1S/C16H16N2O/c1-2-6-16-13(4-1)10-18-12-14(16)11-17-8-7-15-5-3-9-19-15/h1-6,9-10,12,17H,7-8,11H2. The maximum Gasteiger partial charge on any atom is 0.105 e. The molecule has 3 nitrogen and oxygen atoms in total. The van der Waals surface area contributed by atoms with Crippen LogP contribution in [-0.2, 0) is 13.0 Å². The zero-order valence-electron chi connectivity index (χ0n) is 10.7. The van der Waals surface area contributed by atoms with Crippen LogP contribution in [0.5, 0.6) is 0 Å². The lowest BCUT2D eigenvalue weighted by atomic mass is 10.1. The number of nitrogens with zero attached hydrogens (tertiary/aromatic N) is 1. The fourth-order valence-electron chi connectivity index (χ4n) is 2.21. The average molecular weight is 252 g/mol. The minimum atomic E-state index is 0.828. The molecule has 0 radical (unpaired) electrons. The van der Waals surface area contributed by atoms with Gasteiger partial charge in [-0.2, -0.15) is 0 Å². The van der Waals surface area contributed by atoms with Crippen LogP contribution in [0.4, 0.5) is 0 Å². The molecular formula is C16H16N2O. The normalized spacial score (nSPS) is 10.9. The zero-order chi connectivity index (χ0) is 12.9. The maximum absolute atomic E-state index is 5.30. The minimum absolute atomic E-state index is 0.828. The van der Waals surface area contributed by atoms with Gasteiger partial charge >= 0.3 is 0 Å². The Morgan fingerprint density at radius 3 is 2.89 bits per heavy atom. The monoisotopic (exact) mass is 252 g/mol. The van der Waals surface area contributed by atoms with Crippen LogP contribution < -0.4 is 5.32 Å². The van der Waals surface area contributed by atoms with Crippen molar-refractivity contribution in [2.45, 2.75) is 13.0 Å². The van der Waals surface area contributed by atoms with Crippen LogP contribution in [0.25, 0.3) is 10.8 Å². The minimum Gasteiger partial charge on any atom is -0.469 e. The lowest BCUT2D eigenvalue weighted by Crippen LogP contribution is -2.16. The molecule has 2 aromatic heterocycles.